The third kappa shape index (κ3) is 3.28. The molecule has 0 fully saturated rings. The van der Waals surface area contributed by atoms with Crippen LogP contribution in [0.15, 0.2) is 29.6 Å². The summed E-state index contributed by atoms with van der Waals surface area (Å²) in [5.74, 6) is 1.37. The van der Waals surface area contributed by atoms with Crippen molar-refractivity contribution >= 4 is 38.9 Å². The van der Waals surface area contributed by atoms with E-state index in [1.807, 2.05) is 30.5 Å². The fourth-order valence-corrected chi connectivity index (χ4v) is 3.46. The van der Waals surface area contributed by atoms with Crippen molar-refractivity contribution in [3.8, 4) is 5.75 Å². The number of methoxy groups -OCH3 is 1. The van der Waals surface area contributed by atoms with E-state index in [0.29, 0.717) is 5.95 Å². The number of nitrogens with one attached hydrogen (secondary N) is 1. The van der Waals surface area contributed by atoms with Gasteiger partial charge in [0.1, 0.15) is 5.75 Å². The first-order chi connectivity index (χ1) is 11.6. The van der Waals surface area contributed by atoms with Gasteiger partial charge in [-0.2, -0.15) is 0 Å². The molecule has 0 bridgehead atoms. The largest absolute Gasteiger partial charge is 0.494 e. The zero-order valence-electron chi connectivity index (χ0n) is 14.5. The number of anilines is 3. The molecule has 0 aliphatic rings. The summed E-state index contributed by atoms with van der Waals surface area (Å²) in [6, 6.07) is 8.14. The number of aryl methyl sites for hydroxylation is 1. The molecule has 3 aromatic rings. The van der Waals surface area contributed by atoms with Gasteiger partial charge in [0.05, 0.1) is 28.7 Å². The number of rotatable bonds is 6. The Kier molecular flexibility index (Phi) is 4.85. The summed E-state index contributed by atoms with van der Waals surface area (Å²) in [6.07, 6.45) is 1.10. The molecule has 0 atom stereocenters. The summed E-state index contributed by atoms with van der Waals surface area (Å²) in [7, 11) is 3.76. The minimum Gasteiger partial charge on any atom is -0.494 e. The molecule has 6 heteroatoms. The number of hydrogen-bond acceptors (Lipinski definition) is 6. The Labute approximate surface area is 146 Å². The maximum atomic E-state index is 5.55. The van der Waals surface area contributed by atoms with Crippen molar-refractivity contribution in [3.63, 3.8) is 0 Å². The number of nitrogens with zero attached hydrogens (tertiary/aromatic N) is 3. The van der Waals surface area contributed by atoms with E-state index in [1.54, 1.807) is 18.4 Å². The molecule has 0 saturated heterocycles. The lowest BCUT2D eigenvalue weighted by Crippen LogP contribution is -2.17. The van der Waals surface area contributed by atoms with E-state index in [1.165, 1.54) is 0 Å². The molecular weight excluding hydrogens is 320 g/mol. The molecule has 0 radical (unpaired) electrons. The minimum absolute atomic E-state index is 0.589. The van der Waals surface area contributed by atoms with E-state index < -0.39 is 0 Å². The van der Waals surface area contributed by atoms with Crippen LogP contribution in [-0.2, 0) is 0 Å². The summed E-state index contributed by atoms with van der Waals surface area (Å²) in [6.45, 7) is 5.18. The molecule has 3 rings (SSSR count). The molecule has 2 heterocycles. The Morgan fingerprint density at radius 1 is 1.25 bits per heavy atom. The molecule has 0 aliphatic heterocycles. The van der Waals surface area contributed by atoms with Crippen LogP contribution in [0.4, 0.5) is 17.3 Å². The normalized spacial score (nSPS) is 10.8. The predicted octanol–water partition coefficient (Wildman–Crippen LogP) is 4.60. The Morgan fingerprint density at radius 3 is 2.83 bits per heavy atom. The quantitative estimate of drug-likeness (QED) is 0.709. The zero-order valence-corrected chi connectivity index (χ0v) is 15.3. The number of thiophene rings is 1. The summed E-state index contributed by atoms with van der Waals surface area (Å²) in [5, 5.41) is 5.32. The van der Waals surface area contributed by atoms with Crippen LogP contribution in [0.25, 0.3) is 10.2 Å². The number of fused-ring (bicyclic) bond motifs is 1. The first-order valence-corrected chi connectivity index (χ1v) is 8.88. The number of ether oxygens (including phenoxy) is 1. The summed E-state index contributed by atoms with van der Waals surface area (Å²) in [5.41, 5.74) is 3.94. The number of benzene rings is 1. The fourth-order valence-electron chi connectivity index (χ4n) is 2.67. The van der Waals surface area contributed by atoms with Crippen molar-refractivity contribution in [1.82, 2.24) is 9.97 Å². The molecular formula is C18H22N4OS. The van der Waals surface area contributed by atoms with E-state index in [2.05, 4.69) is 40.2 Å². The van der Waals surface area contributed by atoms with E-state index in [4.69, 9.17) is 4.74 Å². The topological polar surface area (TPSA) is 50.3 Å². The predicted molar refractivity (Wildman–Crippen MR) is 102 cm³/mol. The average molecular weight is 342 g/mol. The monoisotopic (exact) mass is 342 g/mol. The van der Waals surface area contributed by atoms with E-state index in [9.17, 15) is 0 Å². The van der Waals surface area contributed by atoms with Crippen LogP contribution < -0.4 is 15.0 Å². The fraction of sp³-hybridized carbons (Fsp3) is 0.333. The van der Waals surface area contributed by atoms with Gasteiger partial charge < -0.3 is 15.0 Å². The minimum atomic E-state index is 0.589. The molecule has 1 N–H and O–H groups in total. The van der Waals surface area contributed by atoms with Crippen LogP contribution in [0.2, 0.25) is 0 Å². The number of aromatic nitrogens is 2. The maximum absolute atomic E-state index is 5.55. The number of hydrogen-bond donors (Lipinski definition) is 1. The van der Waals surface area contributed by atoms with Crippen LogP contribution >= 0.6 is 11.3 Å². The third-order valence-electron chi connectivity index (χ3n) is 3.90. The van der Waals surface area contributed by atoms with Crippen molar-refractivity contribution in [2.24, 2.45) is 0 Å². The molecule has 24 heavy (non-hydrogen) atoms. The van der Waals surface area contributed by atoms with Gasteiger partial charge in [-0.1, -0.05) is 6.92 Å². The van der Waals surface area contributed by atoms with Crippen molar-refractivity contribution in [2.75, 3.05) is 30.9 Å². The summed E-state index contributed by atoms with van der Waals surface area (Å²) < 4.78 is 6.68. The highest BCUT2D eigenvalue weighted by Crippen LogP contribution is 2.32. The summed E-state index contributed by atoms with van der Waals surface area (Å²) >= 11 is 1.66. The first-order valence-electron chi connectivity index (χ1n) is 8.00. The molecule has 5 nitrogen and oxygen atoms in total. The average Bonchev–Trinajstić information content (AvgIpc) is 3.04. The van der Waals surface area contributed by atoms with Crippen molar-refractivity contribution in [1.29, 1.82) is 0 Å². The van der Waals surface area contributed by atoms with Crippen LogP contribution in [0.3, 0.4) is 0 Å². The molecule has 0 unspecified atom stereocenters. The van der Waals surface area contributed by atoms with E-state index in [-0.39, 0.29) is 0 Å². The van der Waals surface area contributed by atoms with Gasteiger partial charge >= 0.3 is 0 Å². The Hall–Kier alpha value is -2.34. The standard InChI is InChI=1S/C18H22N4OS/c1-5-9-22(3)13-6-7-14(16(11-13)23-4)20-18-19-12(2)17-15(21-18)8-10-24-17/h6-8,10-11H,5,9H2,1-4H3,(H,19,20,21). The van der Waals surface area contributed by atoms with Gasteiger partial charge in [-0.15, -0.1) is 11.3 Å². The molecule has 126 valence electrons. The highest BCUT2D eigenvalue weighted by molar-refractivity contribution is 7.17. The van der Waals surface area contributed by atoms with Gasteiger partial charge in [-0.3, -0.25) is 0 Å². The van der Waals surface area contributed by atoms with Gasteiger partial charge in [0.15, 0.2) is 0 Å². The van der Waals surface area contributed by atoms with Gasteiger partial charge in [0, 0.05) is 25.3 Å². The highest BCUT2D eigenvalue weighted by atomic mass is 32.1. The van der Waals surface area contributed by atoms with Crippen molar-refractivity contribution < 1.29 is 4.74 Å². The lowest BCUT2D eigenvalue weighted by molar-refractivity contribution is 0.417. The lowest BCUT2D eigenvalue weighted by Gasteiger charge is -2.20. The van der Waals surface area contributed by atoms with Gasteiger partial charge in [0.2, 0.25) is 5.95 Å². The van der Waals surface area contributed by atoms with Crippen LogP contribution in [0.5, 0.6) is 5.75 Å². The Balaban J connectivity index is 1.90. The Bertz CT molecular complexity index is 846. The molecule has 0 amide bonds. The van der Waals surface area contributed by atoms with Crippen molar-refractivity contribution in [3.05, 3.63) is 35.3 Å². The van der Waals surface area contributed by atoms with Crippen LogP contribution in [0.1, 0.15) is 19.0 Å². The lowest BCUT2D eigenvalue weighted by atomic mass is 10.2. The molecule has 0 spiro atoms. The summed E-state index contributed by atoms with van der Waals surface area (Å²) in [4.78, 5) is 11.3. The first kappa shape index (κ1) is 16.5. The second kappa shape index (κ2) is 7.05. The zero-order chi connectivity index (χ0) is 17.1. The second-order valence-corrected chi connectivity index (χ2v) is 6.61. The van der Waals surface area contributed by atoms with E-state index >= 15 is 0 Å². The third-order valence-corrected chi connectivity index (χ3v) is 4.92. The highest BCUT2D eigenvalue weighted by Gasteiger charge is 2.10. The van der Waals surface area contributed by atoms with E-state index in [0.717, 1.165) is 46.0 Å². The Morgan fingerprint density at radius 2 is 2.08 bits per heavy atom. The molecule has 0 saturated carbocycles. The van der Waals surface area contributed by atoms with Gasteiger partial charge in [0.25, 0.3) is 0 Å². The van der Waals surface area contributed by atoms with Crippen LogP contribution in [0, 0.1) is 6.92 Å². The van der Waals surface area contributed by atoms with Gasteiger partial charge in [-0.25, -0.2) is 9.97 Å². The van der Waals surface area contributed by atoms with Gasteiger partial charge in [-0.05, 0) is 36.9 Å². The smallest absolute Gasteiger partial charge is 0.228 e. The molecule has 2 aromatic heterocycles. The molecule has 0 aliphatic carbocycles. The van der Waals surface area contributed by atoms with Crippen LogP contribution in [-0.4, -0.2) is 30.7 Å². The molecule has 1 aromatic carbocycles. The maximum Gasteiger partial charge on any atom is 0.228 e. The second-order valence-electron chi connectivity index (χ2n) is 5.70. The SMILES string of the molecule is CCCN(C)c1ccc(Nc2nc(C)c3sccc3n2)c(OC)c1. The van der Waals surface area contributed by atoms with Crippen molar-refractivity contribution in [2.45, 2.75) is 20.3 Å².